The van der Waals surface area contributed by atoms with Crippen molar-refractivity contribution in [2.24, 2.45) is 0 Å². The van der Waals surface area contributed by atoms with Crippen molar-refractivity contribution in [3.8, 4) is 5.75 Å². The maximum absolute atomic E-state index is 11.0. The molecule has 4 rings (SSSR count). The zero-order chi connectivity index (χ0) is 17.7. The molecule has 0 fully saturated rings. The van der Waals surface area contributed by atoms with Crippen molar-refractivity contribution < 1.29 is 8.84 Å². The third-order valence-electron chi connectivity index (χ3n) is 4.79. The fourth-order valence-corrected chi connectivity index (χ4v) is 3.87. The Bertz CT molecular complexity index is 1060. The van der Waals surface area contributed by atoms with E-state index in [1.165, 1.54) is 33.0 Å². The Morgan fingerprint density at radius 2 is 1.20 bits per heavy atom. The van der Waals surface area contributed by atoms with Crippen molar-refractivity contribution in [2.45, 2.75) is 27.7 Å². The molecule has 0 aliphatic rings. The molecule has 124 valence electrons. The number of carbonyl (C=O) groups is 1. The van der Waals surface area contributed by atoms with Crippen LogP contribution in [0.1, 0.15) is 32.6 Å². The molecule has 0 bridgehead atoms. The van der Waals surface area contributed by atoms with Gasteiger partial charge in [-0.3, -0.25) is 4.79 Å². The largest absolute Gasteiger partial charge is 0.498 e. The third kappa shape index (κ3) is 2.37. The average molecular weight is 329 g/mol. The van der Waals surface area contributed by atoms with Crippen molar-refractivity contribution in [1.82, 2.24) is 0 Å². The molecule has 0 spiro atoms. The molecule has 0 amide bonds. The van der Waals surface area contributed by atoms with Crippen LogP contribution in [0.3, 0.4) is 0 Å². The molecular weight excluding hydrogens is 308 g/mol. The standard InChI is InChI=1S/C23H21O2/c1-14-9-16(3)22-20(11-14)21-12-15(2)10-17(4)23(21)25(22)19-7-5-18(13-24)6-8-19/h5-13H,1-4H3/q+1. The first kappa shape index (κ1) is 15.6. The van der Waals surface area contributed by atoms with Crippen LogP contribution in [0.5, 0.6) is 0 Å². The normalized spacial score (nSPS) is 11.4. The molecule has 25 heavy (non-hydrogen) atoms. The topological polar surface area (TPSA) is 19.8 Å². The Kier molecular flexibility index (Phi) is 3.50. The van der Waals surface area contributed by atoms with Crippen molar-refractivity contribution in [3.05, 3.63) is 76.3 Å². The summed E-state index contributed by atoms with van der Waals surface area (Å²) in [5, 5.41) is 2.51. The molecule has 1 heterocycles. The van der Waals surface area contributed by atoms with E-state index >= 15 is 0 Å². The predicted octanol–water partition coefficient (Wildman–Crippen LogP) is 6.31. The molecule has 0 aliphatic carbocycles. The predicted molar refractivity (Wildman–Crippen MR) is 104 cm³/mol. The molecule has 2 nitrogen and oxygen atoms in total. The van der Waals surface area contributed by atoms with Crippen LogP contribution >= 0.6 is 0 Å². The first-order chi connectivity index (χ1) is 12.0. The lowest BCUT2D eigenvalue weighted by Gasteiger charge is -2.08. The van der Waals surface area contributed by atoms with E-state index in [-0.39, 0.29) is 0 Å². The number of fused-ring (bicyclic) bond motifs is 3. The minimum atomic E-state index is 0.685. The number of rotatable bonds is 2. The van der Waals surface area contributed by atoms with Crippen molar-refractivity contribution in [1.29, 1.82) is 0 Å². The highest BCUT2D eigenvalue weighted by Crippen LogP contribution is 2.42. The number of hydrogen-bond donors (Lipinski definition) is 0. The molecule has 1 aromatic heterocycles. The smallest absolute Gasteiger partial charge is 0.278 e. The van der Waals surface area contributed by atoms with Gasteiger partial charge < -0.3 is 4.05 Å². The van der Waals surface area contributed by atoms with E-state index in [4.69, 9.17) is 0 Å². The molecule has 0 N–H and O–H groups in total. The van der Waals surface area contributed by atoms with Crippen molar-refractivity contribution in [2.75, 3.05) is 0 Å². The summed E-state index contributed by atoms with van der Waals surface area (Å²) in [6, 6.07) is 16.6. The fraction of sp³-hybridized carbons (Fsp3) is 0.174. The number of aryl methyl sites for hydroxylation is 4. The summed E-state index contributed by atoms with van der Waals surface area (Å²) in [4.78, 5) is 11.0. The van der Waals surface area contributed by atoms with Crippen LogP contribution in [0.4, 0.5) is 0 Å². The van der Waals surface area contributed by atoms with Gasteiger partial charge in [0, 0.05) is 28.8 Å². The van der Waals surface area contributed by atoms with Crippen LogP contribution < -0.4 is 0 Å². The van der Waals surface area contributed by atoms with Crippen LogP contribution in [-0.2, 0) is 0 Å². The minimum Gasteiger partial charge on any atom is -0.498 e. The van der Waals surface area contributed by atoms with Gasteiger partial charge in [-0.15, -0.1) is 0 Å². The maximum Gasteiger partial charge on any atom is 0.278 e. The van der Waals surface area contributed by atoms with Gasteiger partial charge in [0.05, 0.1) is 10.8 Å². The van der Waals surface area contributed by atoms with Crippen molar-refractivity contribution in [3.63, 3.8) is 0 Å². The highest BCUT2D eigenvalue weighted by Gasteiger charge is 2.24. The maximum atomic E-state index is 11.0. The second-order valence-electron chi connectivity index (χ2n) is 6.91. The van der Waals surface area contributed by atoms with Gasteiger partial charge in [0.15, 0.2) is 0 Å². The van der Waals surface area contributed by atoms with E-state index in [0.717, 1.165) is 23.2 Å². The van der Waals surface area contributed by atoms with Crippen LogP contribution in [0, 0.1) is 27.7 Å². The fourth-order valence-electron chi connectivity index (χ4n) is 3.87. The summed E-state index contributed by atoms with van der Waals surface area (Å²) in [7, 11) is 0. The summed E-state index contributed by atoms with van der Waals surface area (Å²) in [5.41, 5.74) is 7.99. The van der Waals surface area contributed by atoms with Gasteiger partial charge in [-0.2, -0.15) is 0 Å². The van der Waals surface area contributed by atoms with Crippen LogP contribution in [0.15, 0.2) is 52.6 Å². The van der Waals surface area contributed by atoms with Crippen LogP contribution in [-0.4, -0.2) is 6.29 Å². The van der Waals surface area contributed by atoms with Gasteiger partial charge in [0.25, 0.3) is 16.9 Å². The van der Waals surface area contributed by atoms with Gasteiger partial charge >= 0.3 is 0 Å². The van der Waals surface area contributed by atoms with Gasteiger partial charge in [0.2, 0.25) is 0 Å². The van der Waals surface area contributed by atoms with E-state index in [0.29, 0.717) is 5.56 Å². The summed E-state index contributed by atoms with van der Waals surface area (Å²) in [6.45, 7) is 8.59. The molecule has 0 atom stereocenters. The number of carbonyl (C=O) groups excluding carboxylic acids is 1. The Morgan fingerprint density at radius 1 is 0.720 bits per heavy atom. The molecule has 0 radical (unpaired) electrons. The van der Waals surface area contributed by atoms with E-state index in [9.17, 15) is 4.79 Å². The molecule has 0 unspecified atom stereocenters. The second kappa shape index (κ2) is 5.59. The Balaban J connectivity index is 2.22. The van der Waals surface area contributed by atoms with E-state index in [1.54, 1.807) is 0 Å². The average Bonchev–Trinajstić information content (AvgIpc) is 2.90. The molecule has 4 aromatic rings. The Morgan fingerprint density at radius 3 is 1.64 bits per heavy atom. The molecule has 0 saturated heterocycles. The molecule has 0 aliphatic heterocycles. The molecular formula is C23H21O2+. The lowest BCUT2D eigenvalue weighted by molar-refractivity contribution is 0.112. The van der Waals surface area contributed by atoms with E-state index in [1.807, 2.05) is 24.3 Å². The van der Waals surface area contributed by atoms with Gasteiger partial charge in [-0.05, 0) is 75.2 Å². The Hall–Kier alpha value is -2.87. The summed E-state index contributed by atoms with van der Waals surface area (Å²) < 4.78 is 3.38. The highest BCUT2D eigenvalue weighted by atomic mass is 16.6. The first-order valence-corrected chi connectivity index (χ1v) is 8.52. The highest BCUT2D eigenvalue weighted by molar-refractivity contribution is 6.08. The van der Waals surface area contributed by atoms with E-state index in [2.05, 4.69) is 56.0 Å². The van der Waals surface area contributed by atoms with Crippen LogP contribution in [0.25, 0.3) is 27.7 Å². The second-order valence-corrected chi connectivity index (χ2v) is 6.91. The number of hydrogen-bond acceptors (Lipinski definition) is 1. The molecule has 0 saturated carbocycles. The molecule has 2 heteroatoms. The van der Waals surface area contributed by atoms with Crippen molar-refractivity contribution >= 4 is 28.2 Å². The lowest BCUT2D eigenvalue weighted by Crippen LogP contribution is -1.86. The lowest BCUT2D eigenvalue weighted by atomic mass is 10.0. The number of benzene rings is 3. The van der Waals surface area contributed by atoms with Gasteiger partial charge in [-0.1, -0.05) is 0 Å². The minimum absolute atomic E-state index is 0.685. The summed E-state index contributed by atoms with van der Waals surface area (Å²) in [5.74, 6) is 1.00. The summed E-state index contributed by atoms with van der Waals surface area (Å²) >= 11 is 0. The monoisotopic (exact) mass is 329 g/mol. The van der Waals surface area contributed by atoms with Crippen LogP contribution in [0.2, 0.25) is 0 Å². The zero-order valence-electron chi connectivity index (χ0n) is 15.0. The van der Waals surface area contributed by atoms with Gasteiger partial charge in [0.1, 0.15) is 6.29 Å². The molecule has 3 aromatic carbocycles. The Labute approximate surface area is 147 Å². The zero-order valence-corrected chi connectivity index (χ0v) is 15.0. The van der Waals surface area contributed by atoms with Gasteiger partial charge in [-0.25, -0.2) is 0 Å². The number of furan rings is 1. The SMILES string of the molecule is Cc1cc(C)c2c(c1)c1cc(C)cc(C)c1[o+]2-c1ccc(C=O)cc1. The van der Waals surface area contributed by atoms with E-state index < -0.39 is 0 Å². The third-order valence-corrected chi connectivity index (χ3v) is 4.79. The number of aldehydes is 1. The summed E-state index contributed by atoms with van der Waals surface area (Å²) in [6.07, 6.45) is 0.879. The first-order valence-electron chi connectivity index (χ1n) is 8.52. The quantitative estimate of drug-likeness (QED) is 0.312.